The molecule has 2 aliphatic rings. The SMILES string of the molecule is CS(=O)(=O)OC[C@@H]1CN(c2ccc(N3CCN(C(=O)O)CC3)c(F)c2)C(=O)O1. The van der Waals surface area contributed by atoms with E-state index in [9.17, 15) is 22.4 Å². The molecule has 2 heterocycles. The number of carbonyl (C=O) groups excluding carboxylic acids is 1. The number of hydrogen-bond acceptors (Lipinski definition) is 7. The molecule has 3 rings (SSSR count). The third kappa shape index (κ3) is 4.62. The van der Waals surface area contributed by atoms with E-state index in [-0.39, 0.29) is 31.9 Å². The Bertz CT molecular complexity index is 871. The van der Waals surface area contributed by atoms with Crippen molar-refractivity contribution in [1.29, 1.82) is 0 Å². The topological polar surface area (TPSA) is 117 Å². The van der Waals surface area contributed by atoms with Crippen molar-refractivity contribution >= 4 is 33.7 Å². The van der Waals surface area contributed by atoms with E-state index < -0.39 is 34.2 Å². The third-order valence-corrected chi connectivity index (χ3v) is 5.04. The number of carbonyl (C=O) groups is 2. The number of piperazine rings is 1. The number of hydrogen-bond donors (Lipinski definition) is 1. The lowest BCUT2D eigenvalue weighted by atomic mass is 10.2. The maximum absolute atomic E-state index is 14.6. The van der Waals surface area contributed by atoms with Crippen molar-refractivity contribution in [2.75, 3.05) is 55.4 Å². The molecule has 28 heavy (non-hydrogen) atoms. The molecule has 1 aromatic carbocycles. The highest BCUT2D eigenvalue weighted by molar-refractivity contribution is 7.85. The van der Waals surface area contributed by atoms with Crippen LogP contribution in [0.4, 0.5) is 25.4 Å². The smallest absolute Gasteiger partial charge is 0.414 e. The van der Waals surface area contributed by atoms with Crippen LogP contribution in [0.15, 0.2) is 18.2 Å². The molecule has 2 saturated heterocycles. The van der Waals surface area contributed by atoms with Crippen molar-refractivity contribution < 1.29 is 36.4 Å². The van der Waals surface area contributed by atoms with Gasteiger partial charge in [0.25, 0.3) is 10.1 Å². The standard InChI is InChI=1S/C16H20FN3O7S/c1-28(24,25)26-10-12-9-20(16(23)27-12)11-2-3-14(13(17)8-11)18-4-6-19(7-5-18)15(21)22/h2-3,8,12H,4-7,9-10H2,1H3,(H,21,22)/t12-/m0/s1. The summed E-state index contributed by atoms with van der Waals surface area (Å²) in [7, 11) is -3.66. The first kappa shape index (κ1) is 20.1. The lowest BCUT2D eigenvalue weighted by Crippen LogP contribution is -2.48. The molecule has 0 aromatic heterocycles. The van der Waals surface area contributed by atoms with Gasteiger partial charge in [-0.15, -0.1) is 0 Å². The van der Waals surface area contributed by atoms with Crippen LogP contribution in [0.5, 0.6) is 0 Å². The fraction of sp³-hybridized carbons (Fsp3) is 0.500. The Labute approximate surface area is 161 Å². The average molecular weight is 417 g/mol. The molecule has 0 aliphatic carbocycles. The van der Waals surface area contributed by atoms with E-state index in [1.54, 1.807) is 11.0 Å². The van der Waals surface area contributed by atoms with Gasteiger partial charge in [0.1, 0.15) is 18.5 Å². The Morgan fingerprint density at radius 1 is 1.32 bits per heavy atom. The monoisotopic (exact) mass is 417 g/mol. The van der Waals surface area contributed by atoms with Crippen LogP contribution in [0, 0.1) is 5.82 Å². The van der Waals surface area contributed by atoms with Crippen LogP contribution < -0.4 is 9.80 Å². The van der Waals surface area contributed by atoms with Gasteiger partial charge < -0.3 is 19.6 Å². The first-order chi connectivity index (χ1) is 13.1. The molecule has 12 heteroatoms. The fourth-order valence-corrected chi connectivity index (χ4v) is 3.48. The predicted molar refractivity (Wildman–Crippen MR) is 96.6 cm³/mol. The van der Waals surface area contributed by atoms with E-state index in [4.69, 9.17) is 9.84 Å². The Kier molecular flexibility index (Phi) is 5.61. The average Bonchev–Trinajstić information content (AvgIpc) is 3.00. The Hall–Kier alpha value is -2.60. The lowest BCUT2D eigenvalue weighted by molar-refractivity contribution is 0.107. The molecule has 0 bridgehead atoms. The highest BCUT2D eigenvalue weighted by Crippen LogP contribution is 2.28. The van der Waals surface area contributed by atoms with Gasteiger partial charge in [0, 0.05) is 26.2 Å². The number of carboxylic acid groups (broad SMARTS) is 1. The van der Waals surface area contributed by atoms with Crippen LogP contribution >= 0.6 is 0 Å². The number of cyclic esters (lactones) is 1. The second kappa shape index (κ2) is 7.80. The molecule has 0 spiro atoms. The summed E-state index contributed by atoms with van der Waals surface area (Å²) in [5, 5.41) is 8.98. The number of ether oxygens (including phenoxy) is 1. The van der Waals surface area contributed by atoms with E-state index in [1.165, 1.54) is 21.9 Å². The van der Waals surface area contributed by atoms with Gasteiger partial charge in [0.2, 0.25) is 0 Å². The molecule has 1 N–H and O–H groups in total. The lowest BCUT2D eigenvalue weighted by Gasteiger charge is -2.34. The van der Waals surface area contributed by atoms with Crippen LogP contribution in [0.3, 0.4) is 0 Å². The fourth-order valence-electron chi connectivity index (χ4n) is 3.08. The van der Waals surface area contributed by atoms with Crippen molar-refractivity contribution in [3.8, 4) is 0 Å². The Balaban J connectivity index is 1.66. The molecule has 154 valence electrons. The summed E-state index contributed by atoms with van der Waals surface area (Å²) in [5.41, 5.74) is 0.593. The van der Waals surface area contributed by atoms with Crippen LogP contribution in [0.1, 0.15) is 0 Å². The number of rotatable bonds is 5. The van der Waals surface area contributed by atoms with Crippen LogP contribution in [0.25, 0.3) is 0 Å². The van der Waals surface area contributed by atoms with Crippen molar-refractivity contribution in [3.63, 3.8) is 0 Å². The minimum absolute atomic E-state index is 0.0322. The van der Waals surface area contributed by atoms with Gasteiger partial charge >= 0.3 is 12.2 Å². The molecule has 10 nitrogen and oxygen atoms in total. The molecule has 1 aromatic rings. The molecule has 0 saturated carbocycles. The number of nitrogens with zero attached hydrogens (tertiary/aromatic N) is 3. The molecule has 0 radical (unpaired) electrons. The van der Waals surface area contributed by atoms with Crippen molar-refractivity contribution in [2.45, 2.75) is 6.10 Å². The van der Waals surface area contributed by atoms with Gasteiger partial charge in [0.05, 0.1) is 24.2 Å². The first-order valence-corrected chi connectivity index (χ1v) is 10.3. The van der Waals surface area contributed by atoms with E-state index in [0.717, 1.165) is 6.26 Å². The van der Waals surface area contributed by atoms with Crippen molar-refractivity contribution in [3.05, 3.63) is 24.0 Å². The molecular formula is C16H20FN3O7S. The summed E-state index contributed by atoms with van der Waals surface area (Å²) in [5.74, 6) is -0.551. The number of amides is 2. The van der Waals surface area contributed by atoms with Gasteiger partial charge in [-0.25, -0.2) is 14.0 Å². The zero-order chi connectivity index (χ0) is 20.5. The Morgan fingerprint density at radius 3 is 2.57 bits per heavy atom. The summed E-state index contributed by atoms with van der Waals surface area (Å²) in [6.45, 7) is 0.992. The van der Waals surface area contributed by atoms with Crippen LogP contribution in [-0.4, -0.2) is 82.3 Å². The summed E-state index contributed by atoms with van der Waals surface area (Å²) in [6, 6.07) is 4.28. The molecule has 2 amide bonds. The summed E-state index contributed by atoms with van der Waals surface area (Å²) >= 11 is 0. The zero-order valence-electron chi connectivity index (χ0n) is 15.1. The summed E-state index contributed by atoms with van der Waals surface area (Å²) in [4.78, 5) is 27.2. The van der Waals surface area contributed by atoms with Gasteiger partial charge in [-0.05, 0) is 18.2 Å². The third-order valence-electron chi connectivity index (χ3n) is 4.48. The molecule has 0 unspecified atom stereocenters. The Morgan fingerprint density at radius 2 is 2.00 bits per heavy atom. The summed E-state index contributed by atoms with van der Waals surface area (Å²) < 4.78 is 46.4. The molecule has 2 aliphatic heterocycles. The van der Waals surface area contributed by atoms with Crippen molar-refractivity contribution in [2.24, 2.45) is 0 Å². The zero-order valence-corrected chi connectivity index (χ0v) is 15.9. The maximum Gasteiger partial charge on any atom is 0.414 e. The van der Waals surface area contributed by atoms with E-state index in [0.29, 0.717) is 18.8 Å². The minimum atomic E-state index is -3.66. The first-order valence-electron chi connectivity index (χ1n) is 8.49. The van der Waals surface area contributed by atoms with Gasteiger partial charge in [-0.1, -0.05) is 0 Å². The number of halogens is 1. The van der Waals surface area contributed by atoms with Crippen LogP contribution in [0.2, 0.25) is 0 Å². The summed E-state index contributed by atoms with van der Waals surface area (Å²) in [6.07, 6.45) is -1.61. The molecule has 1 atom stereocenters. The highest BCUT2D eigenvalue weighted by Gasteiger charge is 2.34. The number of benzene rings is 1. The largest absolute Gasteiger partial charge is 0.465 e. The second-order valence-electron chi connectivity index (χ2n) is 6.50. The van der Waals surface area contributed by atoms with Crippen LogP contribution in [-0.2, 0) is 19.0 Å². The normalized spacial score (nSPS) is 20.4. The number of anilines is 2. The van der Waals surface area contributed by atoms with E-state index >= 15 is 0 Å². The maximum atomic E-state index is 14.6. The minimum Gasteiger partial charge on any atom is -0.465 e. The van der Waals surface area contributed by atoms with E-state index in [2.05, 4.69) is 4.18 Å². The van der Waals surface area contributed by atoms with E-state index in [1.807, 2.05) is 0 Å². The quantitative estimate of drug-likeness (QED) is 0.703. The van der Waals surface area contributed by atoms with Gasteiger partial charge in [-0.3, -0.25) is 9.08 Å². The second-order valence-corrected chi connectivity index (χ2v) is 8.14. The van der Waals surface area contributed by atoms with Crippen molar-refractivity contribution in [1.82, 2.24) is 4.90 Å². The predicted octanol–water partition coefficient (Wildman–Crippen LogP) is 0.927. The molecule has 2 fully saturated rings. The highest BCUT2D eigenvalue weighted by atomic mass is 32.2. The van der Waals surface area contributed by atoms with Gasteiger partial charge in [-0.2, -0.15) is 8.42 Å². The van der Waals surface area contributed by atoms with Gasteiger partial charge in [0.15, 0.2) is 0 Å². The molecular weight excluding hydrogens is 397 g/mol.